The van der Waals surface area contributed by atoms with Crippen molar-refractivity contribution in [3.05, 3.63) is 42.5 Å². The molecule has 6 nitrogen and oxygen atoms in total. The quantitative estimate of drug-likeness (QED) is 0.848. The van der Waals surface area contributed by atoms with Gasteiger partial charge in [0.15, 0.2) is 11.5 Å². The second-order valence-electron chi connectivity index (χ2n) is 4.30. The van der Waals surface area contributed by atoms with E-state index in [0.717, 1.165) is 0 Å². The minimum Gasteiger partial charge on any atom is -0.493 e. The molecule has 1 N–H and O–H groups in total. The molecule has 0 saturated carbocycles. The fourth-order valence-electron chi connectivity index (χ4n) is 1.82. The van der Waals surface area contributed by atoms with Crippen molar-refractivity contribution in [3.8, 4) is 11.5 Å². The third kappa shape index (κ3) is 4.18. The zero-order valence-corrected chi connectivity index (χ0v) is 11.8. The van der Waals surface area contributed by atoms with Crippen molar-refractivity contribution in [3.63, 3.8) is 0 Å². The van der Waals surface area contributed by atoms with Crippen molar-refractivity contribution in [1.82, 2.24) is 14.9 Å². The van der Waals surface area contributed by atoms with Crippen LogP contribution in [0.5, 0.6) is 11.5 Å². The summed E-state index contributed by atoms with van der Waals surface area (Å²) >= 11 is 0. The molecule has 0 atom stereocenters. The maximum atomic E-state index is 12.2. The second kappa shape index (κ2) is 7.39. The van der Waals surface area contributed by atoms with Crippen molar-refractivity contribution in [2.24, 2.45) is 0 Å². The molecular formula is C14H15F2N3O3. The van der Waals surface area contributed by atoms with Crippen molar-refractivity contribution < 1.29 is 23.0 Å². The van der Waals surface area contributed by atoms with Crippen LogP contribution in [0.1, 0.15) is 10.4 Å². The molecule has 0 unspecified atom stereocenters. The summed E-state index contributed by atoms with van der Waals surface area (Å²) in [6.45, 7) is -1.97. The second-order valence-corrected chi connectivity index (χ2v) is 4.30. The van der Waals surface area contributed by atoms with Crippen LogP contribution in [0.2, 0.25) is 0 Å². The highest BCUT2D eigenvalue weighted by atomic mass is 19.3. The molecule has 0 aliphatic carbocycles. The molecule has 8 heteroatoms. The average molecular weight is 311 g/mol. The molecule has 0 aliphatic heterocycles. The first-order chi connectivity index (χ1) is 10.6. The van der Waals surface area contributed by atoms with Crippen LogP contribution >= 0.6 is 0 Å². The summed E-state index contributed by atoms with van der Waals surface area (Å²) in [7, 11) is 1.31. The number of benzene rings is 1. The van der Waals surface area contributed by atoms with Gasteiger partial charge in [0.05, 0.1) is 13.4 Å². The predicted molar refractivity (Wildman–Crippen MR) is 74.2 cm³/mol. The van der Waals surface area contributed by atoms with Crippen molar-refractivity contribution in [1.29, 1.82) is 0 Å². The summed E-state index contributed by atoms with van der Waals surface area (Å²) in [6, 6.07) is 4.02. The molecule has 1 amide bonds. The lowest BCUT2D eigenvalue weighted by Gasteiger charge is -2.11. The standard InChI is InChI=1S/C14H15F2N3O3/c1-21-12-8-10(2-3-11(12)22-14(15)16)13(20)18-5-7-19-6-4-17-9-19/h2-4,6,8-9,14H,5,7H2,1H3,(H,18,20). The van der Waals surface area contributed by atoms with E-state index in [1.807, 2.05) is 4.57 Å². The minimum atomic E-state index is -2.95. The molecule has 1 heterocycles. The number of alkyl halides is 2. The summed E-state index contributed by atoms with van der Waals surface area (Å²) < 4.78 is 35.5. The molecule has 1 aromatic heterocycles. The third-order valence-electron chi connectivity index (χ3n) is 2.86. The maximum Gasteiger partial charge on any atom is 0.387 e. The van der Waals surface area contributed by atoms with Crippen LogP contribution < -0.4 is 14.8 Å². The zero-order valence-electron chi connectivity index (χ0n) is 11.8. The number of carbonyl (C=O) groups is 1. The Morgan fingerprint density at radius 3 is 2.86 bits per heavy atom. The summed E-state index contributed by atoms with van der Waals surface area (Å²) in [5.74, 6) is -0.378. The largest absolute Gasteiger partial charge is 0.493 e. The fraction of sp³-hybridized carbons (Fsp3) is 0.286. The van der Waals surface area contributed by atoms with Gasteiger partial charge in [0, 0.05) is 31.0 Å². The number of carbonyl (C=O) groups excluding carboxylic acids is 1. The Morgan fingerprint density at radius 1 is 1.41 bits per heavy atom. The maximum absolute atomic E-state index is 12.2. The molecule has 118 valence electrons. The predicted octanol–water partition coefficient (Wildman–Crippen LogP) is 1.92. The van der Waals surface area contributed by atoms with Gasteiger partial charge in [-0.15, -0.1) is 0 Å². The number of hydrogen-bond donors (Lipinski definition) is 1. The first-order valence-electron chi connectivity index (χ1n) is 6.47. The average Bonchev–Trinajstić information content (AvgIpc) is 3.00. The minimum absolute atomic E-state index is 0.0718. The summed E-state index contributed by atoms with van der Waals surface area (Å²) in [4.78, 5) is 15.9. The van der Waals surface area contributed by atoms with Gasteiger partial charge in [-0.2, -0.15) is 8.78 Å². The first-order valence-corrected chi connectivity index (χ1v) is 6.47. The smallest absolute Gasteiger partial charge is 0.387 e. The normalized spacial score (nSPS) is 10.5. The Hall–Kier alpha value is -2.64. The number of nitrogens with zero attached hydrogens (tertiary/aromatic N) is 2. The lowest BCUT2D eigenvalue weighted by Crippen LogP contribution is -2.27. The van der Waals surface area contributed by atoms with Crippen molar-refractivity contribution in [2.45, 2.75) is 13.2 Å². The molecule has 0 fully saturated rings. The van der Waals surface area contributed by atoms with Gasteiger partial charge in [0.1, 0.15) is 0 Å². The number of ether oxygens (including phenoxy) is 2. The van der Waals surface area contributed by atoms with E-state index in [2.05, 4.69) is 15.0 Å². The van der Waals surface area contributed by atoms with Crippen LogP contribution in [0.15, 0.2) is 36.9 Å². The molecule has 0 aliphatic rings. The van der Waals surface area contributed by atoms with Gasteiger partial charge in [-0.05, 0) is 18.2 Å². The topological polar surface area (TPSA) is 65.4 Å². The van der Waals surface area contributed by atoms with Crippen LogP contribution in [0.25, 0.3) is 0 Å². The fourth-order valence-corrected chi connectivity index (χ4v) is 1.82. The number of hydrogen-bond acceptors (Lipinski definition) is 4. The Bertz CT molecular complexity index is 618. The van der Waals surface area contributed by atoms with Gasteiger partial charge >= 0.3 is 6.61 Å². The van der Waals surface area contributed by atoms with Crippen LogP contribution in [-0.4, -0.2) is 35.7 Å². The van der Waals surface area contributed by atoms with Gasteiger partial charge in [0.2, 0.25) is 0 Å². The molecule has 0 radical (unpaired) electrons. The number of nitrogens with one attached hydrogen (secondary N) is 1. The highest BCUT2D eigenvalue weighted by Crippen LogP contribution is 2.29. The van der Waals surface area contributed by atoms with E-state index in [4.69, 9.17) is 4.74 Å². The number of imidazole rings is 1. The molecular weight excluding hydrogens is 296 g/mol. The number of methoxy groups -OCH3 is 1. The number of aromatic nitrogens is 2. The number of amides is 1. The Balaban J connectivity index is 1.97. The molecule has 1 aromatic carbocycles. The van der Waals surface area contributed by atoms with Gasteiger partial charge < -0.3 is 19.4 Å². The summed E-state index contributed by atoms with van der Waals surface area (Å²) in [5, 5.41) is 2.72. The molecule has 2 aromatic rings. The van der Waals surface area contributed by atoms with E-state index < -0.39 is 6.61 Å². The Labute approximate surface area is 125 Å². The van der Waals surface area contributed by atoms with E-state index in [1.165, 1.54) is 25.3 Å². The molecule has 0 bridgehead atoms. The SMILES string of the molecule is COc1cc(C(=O)NCCn2ccnc2)ccc1OC(F)F. The van der Waals surface area contributed by atoms with Crippen LogP contribution in [0, 0.1) is 0 Å². The van der Waals surface area contributed by atoms with Crippen molar-refractivity contribution in [2.75, 3.05) is 13.7 Å². The lowest BCUT2D eigenvalue weighted by molar-refractivity contribution is -0.0512. The Morgan fingerprint density at radius 2 is 2.23 bits per heavy atom. The van der Waals surface area contributed by atoms with Gasteiger partial charge in [-0.3, -0.25) is 4.79 Å². The van der Waals surface area contributed by atoms with E-state index >= 15 is 0 Å². The highest BCUT2D eigenvalue weighted by molar-refractivity contribution is 5.94. The molecule has 0 saturated heterocycles. The monoisotopic (exact) mass is 311 g/mol. The molecule has 2 rings (SSSR count). The van der Waals surface area contributed by atoms with Gasteiger partial charge in [-0.25, -0.2) is 4.98 Å². The third-order valence-corrected chi connectivity index (χ3v) is 2.86. The number of rotatable bonds is 7. The van der Waals surface area contributed by atoms with Gasteiger partial charge in [-0.1, -0.05) is 0 Å². The highest BCUT2D eigenvalue weighted by Gasteiger charge is 2.13. The van der Waals surface area contributed by atoms with Crippen LogP contribution in [0.3, 0.4) is 0 Å². The van der Waals surface area contributed by atoms with E-state index in [-0.39, 0.29) is 17.4 Å². The summed E-state index contributed by atoms with van der Waals surface area (Å²) in [5.41, 5.74) is 0.295. The Kier molecular flexibility index (Phi) is 5.29. The van der Waals surface area contributed by atoms with Crippen molar-refractivity contribution >= 4 is 5.91 Å². The lowest BCUT2D eigenvalue weighted by atomic mass is 10.2. The molecule has 22 heavy (non-hydrogen) atoms. The zero-order chi connectivity index (χ0) is 15.9. The summed E-state index contributed by atoms with van der Waals surface area (Å²) in [6.07, 6.45) is 5.08. The van der Waals surface area contributed by atoms with E-state index in [9.17, 15) is 13.6 Å². The molecule has 0 spiro atoms. The number of halogens is 2. The van der Waals surface area contributed by atoms with E-state index in [0.29, 0.717) is 18.7 Å². The first kappa shape index (κ1) is 15.7. The van der Waals surface area contributed by atoms with Crippen LogP contribution in [0.4, 0.5) is 8.78 Å². The van der Waals surface area contributed by atoms with Crippen LogP contribution in [-0.2, 0) is 6.54 Å². The van der Waals surface area contributed by atoms with Gasteiger partial charge in [0.25, 0.3) is 5.91 Å². The van der Waals surface area contributed by atoms with E-state index in [1.54, 1.807) is 18.7 Å².